The van der Waals surface area contributed by atoms with Gasteiger partial charge in [-0.15, -0.1) is 0 Å². The van der Waals surface area contributed by atoms with E-state index in [4.69, 9.17) is 11.5 Å². The lowest BCUT2D eigenvalue weighted by Gasteiger charge is -2.06. The number of benzene rings is 1. The fourth-order valence-electron chi connectivity index (χ4n) is 1.39. The molecule has 0 saturated heterocycles. The predicted octanol–water partition coefficient (Wildman–Crippen LogP) is 0.971. The van der Waals surface area contributed by atoms with Crippen molar-refractivity contribution in [2.24, 2.45) is 5.73 Å². The number of anilines is 1. The molecule has 0 unspecified atom stereocenters. The van der Waals surface area contributed by atoms with Gasteiger partial charge in [-0.05, 0) is 12.1 Å². The Balaban J connectivity index is 2.62. The fourth-order valence-corrected chi connectivity index (χ4v) is 1.39. The Morgan fingerprint density at radius 3 is 2.44 bits per heavy atom. The molecule has 1 aromatic heterocycles. The number of amides is 1. The van der Waals surface area contributed by atoms with Gasteiger partial charge in [0.25, 0.3) is 5.91 Å². The summed E-state index contributed by atoms with van der Waals surface area (Å²) in [6.07, 6.45) is 0. The third kappa shape index (κ3) is 1.77. The monoisotopic (exact) mass is 256 g/mol. The standard InChI is InChI=1S/C10H7F3N4O/c11-4-1-2-6(9(13)8(4)12)17-7(14)3-5(16-17)10(15)18/h1-3H,14H2,(H2,15,18). The highest BCUT2D eigenvalue weighted by atomic mass is 19.2. The van der Waals surface area contributed by atoms with Crippen molar-refractivity contribution in [2.75, 3.05) is 5.73 Å². The van der Waals surface area contributed by atoms with Crippen molar-refractivity contribution >= 4 is 11.7 Å². The van der Waals surface area contributed by atoms with E-state index in [1.807, 2.05) is 0 Å². The van der Waals surface area contributed by atoms with Crippen LogP contribution in [0.15, 0.2) is 18.2 Å². The van der Waals surface area contributed by atoms with E-state index < -0.39 is 29.0 Å². The normalized spacial score (nSPS) is 10.6. The zero-order valence-corrected chi connectivity index (χ0v) is 8.82. The van der Waals surface area contributed by atoms with Gasteiger partial charge in [-0.1, -0.05) is 0 Å². The van der Waals surface area contributed by atoms with Crippen molar-refractivity contribution in [3.63, 3.8) is 0 Å². The molecule has 0 fully saturated rings. The van der Waals surface area contributed by atoms with Crippen LogP contribution in [0.25, 0.3) is 5.69 Å². The molecule has 8 heteroatoms. The molecular weight excluding hydrogens is 249 g/mol. The van der Waals surface area contributed by atoms with E-state index >= 15 is 0 Å². The van der Waals surface area contributed by atoms with Crippen LogP contribution in [-0.4, -0.2) is 15.7 Å². The number of carbonyl (C=O) groups is 1. The maximum Gasteiger partial charge on any atom is 0.269 e. The summed E-state index contributed by atoms with van der Waals surface area (Å²) in [5, 5.41) is 3.60. The summed E-state index contributed by atoms with van der Waals surface area (Å²) in [5.41, 5.74) is 9.82. The number of hydrogen-bond donors (Lipinski definition) is 2. The molecule has 1 aromatic carbocycles. The SMILES string of the molecule is NC(=O)c1cc(N)n(-c2ccc(F)c(F)c2F)n1. The minimum absolute atomic E-state index is 0.131. The van der Waals surface area contributed by atoms with Crippen molar-refractivity contribution in [1.82, 2.24) is 9.78 Å². The number of nitrogen functional groups attached to an aromatic ring is 1. The molecule has 2 aromatic rings. The van der Waals surface area contributed by atoms with E-state index in [1.165, 1.54) is 0 Å². The Kier molecular flexibility index (Phi) is 2.70. The summed E-state index contributed by atoms with van der Waals surface area (Å²) in [6.45, 7) is 0. The Morgan fingerprint density at radius 1 is 1.22 bits per heavy atom. The van der Waals surface area contributed by atoms with Gasteiger partial charge in [0.2, 0.25) is 0 Å². The number of halogens is 3. The summed E-state index contributed by atoms with van der Waals surface area (Å²) < 4.78 is 40.1. The van der Waals surface area contributed by atoms with Gasteiger partial charge in [0.05, 0.1) is 0 Å². The third-order valence-corrected chi connectivity index (χ3v) is 2.23. The molecule has 0 spiro atoms. The van der Waals surface area contributed by atoms with Gasteiger partial charge in [0, 0.05) is 6.07 Å². The molecule has 18 heavy (non-hydrogen) atoms. The van der Waals surface area contributed by atoms with E-state index in [-0.39, 0.29) is 11.5 Å². The molecule has 0 aliphatic heterocycles. The molecule has 0 radical (unpaired) electrons. The van der Waals surface area contributed by atoms with Crippen LogP contribution in [0.5, 0.6) is 0 Å². The summed E-state index contributed by atoms with van der Waals surface area (Å²) in [6, 6.07) is 2.77. The maximum absolute atomic E-state index is 13.5. The van der Waals surface area contributed by atoms with Crippen LogP contribution >= 0.6 is 0 Å². The molecule has 1 heterocycles. The Bertz CT molecular complexity index is 638. The molecule has 2 rings (SSSR count). The molecule has 4 N–H and O–H groups in total. The van der Waals surface area contributed by atoms with Crippen LogP contribution < -0.4 is 11.5 Å². The number of nitrogens with two attached hydrogens (primary N) is 2. The van der Waals surface area contributed by atoms with Crippen molar-refractivity contribution in [1.29, 1.82) is 0 Å². The second kappa shape index (κ2) is 4.06. The maximum atomic E-state index is 13.5. The number of aromatic nitrogens is 2. The number of rotatable bonds is 2. The molecule has 0 atom stereocenters. The first-order chi connectivity index (χ1) is 8.41. The van der Waals surface area contributed by atoms with Gasteiger partial charge in [-0.3, -0.25) is 4.79 Å². The highest BCUT2D eigenvalue weighted by Gasteiger charge is 2.18. The predicted molar refractivity (Wildman–Crippen MR) is 56.4 cm³/mol. The first kappa shape index (κ1) is 12.0. The zero-order chi connectivity index (χ0) is 13.4. The minimum atomic E-state index is -1.65. The molecule has 1 amide bonds. The first-order valence-corrected chi connectivity index (χ1v) is 4.71. The van der Waals surface area contributed by atoms with Crippen molar-refractivity contribution in [3.05, 3.63) is 41.3 Å². The molecule has 0 saturated carbocycles. The molecule has 0 bridgehead atoms. The van der Waals surface area contributed by atoms with Crippen molar-refractivity contribution < 1.29 is 18.0 Å². The van der Waals surface area contributed by atoms with Gasteiger partial charge >= 0.3 is 0 Å². The zero-order valence-electron chi connectivity index (χ0n) is 8.82. The summed E-state index contributed by atoms with van der Waals surface area (Å²) in [7, 11) is 0. The first-order valence-electron chi connectivity index (χ1n) is 4.71. The Morgan fingerprint density at radius 2 is 1.89 bits per heavy atom. The highest BCUT2D eigenvalue weighted by molar-refractivity contribution is 5.91. The van der Waals surface area contributed by atoms with E-state index in [9.17, 15) is 18.0 Å². The topological polar surface area (TPSA) is 86.9 Å². The molecular formula is C10H7F3N4O. The number of primary amides is 1. The van der Waals surface area contributed by atoms with Gasteiger partial charge in [0.15, 0.2) is 23.1 Å². The number of hydrogen-bond acceptors (Lipinski definition) is 3. The molecule has 0 aliphatic carbocycles. The summed E-state index contributed by atoms with van der Waals surface area (Å²) in [4.78, 5) is 10.9. The number of nitrogens with zero attached hydrogens (tertiary/aromatic N) is 2. The van der Waals surface area contributed by atoms with Crippen LogP contribution in [0, 0.1) is 17.5 Å². The highest BCUT2D eigenvalue weighted by Crippen LogP contribution is 2.21. The van der Waals surface area contributed by atoms with Gasteiger partial charge in [-0.25, -0.2) is 17.9 Å². The minimum Gasteiger partial charge on any atom is -0.384 e. The van der Waals surface area contributed by atoms with Gasteiger partial charge in [0.1, 0.15) is 11.5 Å². The van der Waals surface area contributed by atoms with Crippen LogP contribution in [-0.2, 0) is 0 Å². The van der Waals surface area contributed by atoms with Crippen LogP contribution in [0.3, 0.4) is 0 Å². The van der Waals surface area contributed by atoms with Crippen LogP contribution in [0.1, 0.15) is 10.5 Å². The van der Waals surface area contributed by atoms with E-state index in [1.54, 1.807) is 0 Å². The lowest BCUT2D eigenvalue weighted by molar-refractivity contribution is 0.0995. The second-order valence-corrected chi connectivity index (χ2v) is 3.42. The second-order valence-electron chi connectivity index (χ2n) is 3.42. The smallest absolute Gasteiger partial charge is 0.269 e. The van der Waals surface area contributed by atoms with Crippen LogP contribution in [0.2, 0.25) is 0 Å². The molecule has 0 aliphatic rings. The van der Waals surface area contributed by atoms with Crippen molar-refractivity contribution in [2.45, 2.75) is 0 Å². The van der Waals surface area contributed by atoms with E-state index in [2.05, 4.69) is 5.10 Å². The Hall–Kier alpha value is -2.51. The van der Waals surface area contributed by atoms with Gasteiger partial charge in [-0.2, -0.15) is 5.10 Å². The summed E-state index contributed by atoms with van der Waals surface area (Å²) >= 11 is 0. The average molecular weight is 256 g/mol. The van der Waals surface area contributed by atoms with Gasteiger partial charge < -0.3 is 11.5 Å². The fraction of sp³-hybridized carbons (Fsp3) is 0. The van der Waals surface area contributed by atoms with E-state index in [0.29, 0.717) is 0 Å². The van der Waals surface area contributed by atoms with Crippen molar-refractivity contribution in [3.8, 4) is 5.69 Å². The summed E-state index contributed by atoms with van der Waals surface area (Å²) in [5.74, 6) is -5.45. The van der Waals surface area contributed by atoms with Crippen LogP contribution in [0.4, 0.5) is 19.0 Å². The average Bonchev–Trinajstić information content (AvgIpc) is 2.69. The third-order valence-electron chi connectivity index (χ3n) is 2.23. The largest absolute Gasteiger partial charge is 0.384 e. The molecule has 94 valence electrons. The number of carbonyl (C=O) groups excluding carboxylic acids is 1. The molecule has 5 nitrogen and oxygen atoms in total. The lowest BCUT2D eigenvalue weighted by Crippen LogP contribution is -2.13. The Labute approximate surface area is 98.8 Å². The lowest BCUT2D eigenvalue weighted by atomic mass is 10.3. The van der Waals surface area contributed by atoms with E-state index in [0.717, 1.165) is 22.9 Å². The quantitative estimate of drug-likeness (QED) is 0.785.